The van der Waals surface area contributed by atoms with Crippen LogP contribution < -0.4 is 9.47 Å². The second-order valence-electron chi connectivity index (χ2n) is 6.20. The number of halogens is 1. The molecule has 4 rings (SSSR count). The SMILES string of the molecule is C/C(=N\OCC(=O)OCc1nc(-c2ccc(Cl)cc2)no1)c1ccc2c(c1)OCO2. The van der Waals surface area contributed by atoms with Crippen LogP contribution in [0, 0.1) is 0 Å². The standard InChI is InChI=1S/C20H16ClN3O6/c1-12(14-4-7-16-17(8-14)28-11-27-16)23-29-10-19(25)26-9-18-22-20(24-30-18)13-2-5-15(21)6-3-13/h2-8H,9-11H2,1H3/b23-12+. The van der Waals surface area contributed by atoms with E-state index in [1.807, 2.05) is 6.07 Å². The van der Waals surface area contributed by atoms with E-state index < -0.39 is 5.97 Å². The number of ether oxygens (including phenoxy) is 3. The summed E-state index contributed by atoms with van der Waals surface area (Å²) in [5.41, 5.74) is 2.09. The lowest BCUT2D eigenvalue weighted by Gasteiger charge is -2.04. The summed E-state index contributed by atoms with van der Waals surface area (Å²) < 4.78 is 20.7. The van der Waals surface area contributed by atoms with E-state index in [1.165, 1.54) is 0 Å². The third-order valence-corrected chi connectivity index (χ3v) is 4.35. The lowest BCUT2D eigenvalue weighted by atomic mass is 10.1. The van der Waals surface area contributed by atoms with Crippen LogP contribution in [0.5, 0.6) is 11.5 Å². The largest absolute Gasteiger partial charge is 0.454 e. The van der Waals surface area contributed by atoms with Gasteiger partial charge in [-0.15, -0.1) is 0 Å². The van der Waals surface area contributed by atoms with E-state index >= 15 is 0 Å². The van der Waals surface area contributed by atoms with Gasteiger partial charge in [0.2, 0.25) is 19.2 Å². The Balaban J connectivity index is 1.25. The van der Waals surface area contributed by atoms with Crippen molar-refractivity contribution in [3.63, 3.8) is 0 Å². The number of benzene rings is 2. The van der Waals surface area contributed by atoms with E-state index in [9.17, 15) is 4.79 Å². The third kappa shape index (κ3) is 4.69. The molecule has 1 aliphatic rings. The van der Waals surface area contributed by atoms with Gasteiger partial charge in [0.1, 0.15) is 0 Å². The van der Waals surface area contributed by atoms with Crippen LogP contribution in [-0.2, 0) is 21.0 Å². The van der Waals surface area contributed by atoms with Crippen LogP contribution in [0.2, 0.25) is 5.02 Å². The predicted molar refractivity (Wildman–Crippen MR) is 105 cm³/mol. The smallest absolute Gasteiger partial charge is 0.347 e. The highest BCUT2D eigenvalue weighted by Gasteiger charge is 2.15. The molecule has 0 aliphatic carbocycles. The average molecular weight is 430 g/mol. The monoisotopic (exact) mass is 429 g/mol. The maximum atomic E-state index is 11.8. The molecule has 0 amide bonds. The van der Waals surface area contributed by atoms with Crippen LogP contribution >= 0.6 is 11.6 Å². The Morgan fingerprint density at radius 3 is 2.80 bits per heavy atom. The van der Waals surface area contributed by atoms with E-state index in [2.05, 4.69) is 15.3 Å². The van der Waals surface area contributed by atoms with Crippen molar-refractivity contribution < 1.29 is 28.4 Å². The van der Waals surface area contributed by atoms with E-state index in [-0.39, 0.29) is 25.9 Å². The van der Waals surface area contributed by atoms with E-state index in [0.717, 1.165) is 11.1 Å². The van der Waals surface area contributed by atoms with Crippen molar-refractivity contribution in [1.82, 2.24) is 10.1 Å². The fourth-order valence-electron chi connectivity index (χ4n) is 2.57. The van der Waals surface area contributed by atoms with Gasteiger partial charge < -0.3 is 23.6 Å². The Morgan fingerprint density at radius 1 is 1.17 bits per heavy atom. The Labute approximate surface area is 176 Å². The first-order valence-corrected chi connectivity index (χ1v) is 9.27. The zero-order valence-electron chi connectivity index (χ0n) is 15.8. The molecule has 1 aromatic heterocycles. The van der Waals surface area contributed by atoms with Gasteiger partial charge in [0.05, 0.1) is 5.71 Å². The molecule has 154 valence electrons. The van der Waals surface area contributed by atoms with Gasteiger partial charge in [0, 0.05) is 16.1 Å². The van der Waals surface area contributed by atoms with Crippen molar-refractivity contribution in [2.24, 2.45) is 5.16 Å². The molecule has 0 radical (unpaired) electrons. The van der Waals surface area contributed by atoms with Gasteiger partial charge in [-0.05, 0) is 49.4 Å². The topological polar surface area (TPSA) is 105 Å². The Hall–Kier alpha value is -3.59. The molecule has 0 spiro atoms. The molecule has 0 atom stereocenters. The zero-order chi connectivity index (χ0) is 20.9. The summed E-state index contributed by atoms with van der Waals surface area (Å²) in [7, 11) is 0. The van der Waals surface area contributed by atoms with Crippen molar-refractivity contribution in [2.45, 2.75) is 13.5 Å². The van der Waals surface area contributed by atoms with Gasteiger partial charge in [-0.2, -0.15) is 4.98 Å². The minimum absolute atomic E-state index is 0.161. The molecule has 0 N–H and O–H groups in total. The summed E-state index contributed by atoms with van der Waals surface area (Å²) in [6, 6.07) is 12.4. The highest BCUT2D eigenvalue weighted by molar-refractivity contribution is 6.30. The molecule has 10 heteroatoms. The quantitative estimate of drug-likeness (QED) is 0.318. The molecule has 3 aromatic rings. The molecule has 1 aliphatic heterocycles. The molecule has 0 bridgehead atoms. The number of esters is 1. The first kappa shape index (κ1) is 19.7. The number of hydrogen-bond acceptors (Lipinski definition) is 9. The van der Waals surface area contributed by atoms with Crippen molar-refractivity contribution in [3.8, 4) is 22.9 Å². The van der Waals surface area contributed by atoms with Crippen LogP contribution in [0.25, 0.3) is 11.4 Å². The van der Waals surface area contributed by atoms with Crippen molar-refractivity contribution >= 4 is 23.3 Å². The number of aromatic nitrogens is 2. The van der Waals surface area contributed by atoms with Crippen molar-refractivity contribution in [2.75, 3.05) is 13.4 Å². The molecule has 0 fully saturated rings. The van der Waals surface area contributed by atoms with Gasteiger partial charge in [-0.1, -0.05) is 21.9 Å². The fraction of sp³-hybridized carbons (Fsp3) is 0.200. The summed E-state index contributed by atoms with van der Waals surface area (Å²) in [6.45, 7) is 1.41. The minimum atomic E-state index is -0.622. The van der Waals surface area contributed by atoms with Crippen LogP contribution in [-0.4, -0.2) is 35.2 Å². The Morgan fingerprint density at radius 2 is 1.97 bits per heavy atom. The summed E-state index contributed by atoms with van der Waals surface area (Å²) in [4.78, 5) is 21.1. The summed E-state index contributed by atoms with van der Waals surface area (Å²) in [5, 5.41) is 8.37. The number of rotatable bonds is 7. The van der Waals surface area contributed by atoms with Crippen LogP contribution in [0.1, 0.15) is 18.4 Å². The zero-order valence-corrected chi connectivity index (χ0v) is 16.6. The highest BCUT2D eigenvalue weighted by Crippen LogP contribution is 2.32. The number of carbonyl (C=O) groups is 1. The van der Waals surface area contributed by atoms with E-state index in [4.69, 9.17) is 35.2 Å². The third-order valence-electron chi connectivity index (χ3n) is 4.10. The number of nitrogens with zero attached hydrogens (tertiary/aromatic N) is 3. The summed E-state index contributed by atoms with van der Waals surface area (Å²) in [5.74, 6) is 1.23. The lowest BCUT2D eigenvalue weighted by Crippen LogP contribution is -2.11. The maximum Gasteiger partial charge on any atom is 0.347 e. The molecule has 0 saturated carbocycles. The molecular formula is C20H16ClN3O6. The van der Waals surface area contributed by atoms with Crippen LogP contribution in [0.4, 0.5) is 0 Å². The van der Waals surface area contributed by atoms with Gasteiger partial charge in [-0.3, -0.25) is 0 Å². The normalized spacial score (nSPS) is 12.7. The van der Waals surface area contributed by atoms with Gasteiger partial charge in [-0.25, -0.2) is 4.79 Å². The molecule has 30 heavy (non-hydrogen) atoms. The minimum Gasteiger partial charge on any atom is -0.454 e. The van der Waals surface area contributed by atoms with Crippen molar-refractivity contribution in [1.29, 1.82) is 0 Å². The number of oxime groups is 1. The second-order valence-corrected chi connectivity index (χ2v) is 6.63. The van der Waals surface area contributed by atoms with E-state index in [0.29, 0.717) is 28.1 Å². The summed E-state index contributed by atoms with van der Waals surface area (Å²) >= 11 is 5.85. The van der Waals surface area contributed by atoms with Crippen LogP contribution in [0.3, 0.4) is 0 Å². The molecule has 0 unspecified atom stereocenters. The lowest BCUT2D eigenvalue weighted by molar-refractivity contribution is -0.151. The van der Waals surface area contributed by atoms with Crippen molar-refractivity contribution in [3.05, 3.63) is 58.9 Å². The van der Waals surface area contributed by atoms with E-state index in [1.54, 1.807) is 43.3 Å². The second kappa shape index (κ2) is 8.83. The molecule has 9 nitrogen and oxygen atoms in total. The Kier molecular flexibility index (Phi) is 5.80. The maximum absolute atomic E-state index is 11.8. The molecular weight excluding hydrogens is 414 g/mol. The Bertz CT molecular complexity index is 1080. The number of hydrogen-bond donors (Lipinski definition) is 0. The van der Waals surface area contributed by atoms with Gasteiger partial charge in [0.15, 0.2) is 18.1 Å². The fourth-order valence-corrected chi connectivity index (χ4v) is 2.70. The van der Waals surface area contributed by atoms with Crippen LogP contribution in [0.15, 0.2) is 52.1 Å². The number of carbonyl (C=O) groups excluding carboxylic acids is 1. The highest BCUT2D eigenvalue weighted by atomic mass is 35.5. The van der Waals surface area contributed by atoms with Gasteiger partial charge in [0.25, 0.3) is 5.89 Å². The average Bonchev–Trinajstić information content (AvgIpc) is 3.41. The molecule has 0 saturated heterocycles. The summed E-state index contributed by atoms with van der Waals surface area (Å²) in [6.07, 6.45) is 0. The number of fused-ring (bicyclic) bond motifs is 1. The predicted octanol–water partition coefficient (Wildman–Crippen LogP) is 3.60. The molecule has 2 heterocycles. The first-order chi connectivity index (χ1) is 14.6. The van der Waals surface area contributed by atoms with Gasteiger partial charge >= 0.3 is 5.97 Å². The first-order valence-electron chi connectivity index (χ1n) is 8.89. The molecule has 2 aromatic carbocycles.